The Morgan fingerprint density at radius 3 is 1.81 bits per heavy atom. The fourth-order valence-corrected chi connectivity index (χ4v) is 7.19. The van der Waals surface area contributed by atoms with E-state index in [9.17, 15) is 0 Å². The van der Waals surface area contributed by atoms with Gasteiger partial charge in [-0.2, -0.15) is 0 Å². The van der Waals surface area contributed by atoms with Gasteiger partial charge in [0.1, 0.15) is 0 Å². The highest BCUT2D eigenvalue weighted by atomic mass is 35.5. The van der Waals surface area contributed by atoms with Crippen molar-refractivity contribution < 1.29 is 0 Å². The van der Waals surface area contributed by atoms with Crippen LogP contribution >= 0.6 is 11.8 Å². The van der Waals surface area contributed by atoms with Gasteiger partial charge in [-0.25, -0.2) is 4.53 Å². The van der Waals surface area contributed by atoms with Crippen LogP contribution in [0.4, 0.5) is 5.69 Å². The Hall–Kier alpha value is -3.53. The largest absolute Gasteiger partial charge is 0.285 e. The van der Waals surface area contributed by atoms with Crippen molar-refractivity contribution in [2.75, 3.05) is 11.6 Å². The Bertz CT molecular complexity index is 1610. The number of nitrogens with zero attached hydrogens (tertiary/aromatic N) is 2. The summed E-state index contributed by atoms with van der Waals surface area (Å²) in [6, 6.07) is 30.9. The molecule has 2 aliphatic carbocycles. The number of anilines is 1. The Labute approximate surface area is 224 Å². The molecular weight excluding hydrogens is 474 g/mol. The monoisotopic (exact) mass is 503 g/mol. The number of fused-ring (bicyclic) bond motifs is 6. The van der Waals surface area contributed by atoms with Crippen molar-refractivity contribution in [1.82, 2.24) is 10.1 Å². The summed E-state index contributed by atoms with van der Waals surface area (Å²) in [5.41, 5.74) is 17.5. The van der Waals surface area contributed by atoms with Crippen LogP contribution in [0, 0.1) is 0 Å². The molecule has 184 valence electrons. The summed E-state index contributed by atoms with van der Waals surface area (Å²) in [6.45, 7) is 10.0. The number of hydrogen-bond donors (Lipinski definition) is 1. The highest BCUT2D eigenvalue weighted by molar-refractivity contribution is 6.14. The molecule has 0 amide bonds. The highest BCUT2D eigenvalue weighted by Gasteiger charge is 2.40. The summed E-state index contributed by atoms with van der Waals surface area (Å²) in [4.78, 5) is 0. The molecule has 0 radical (unpaired) electrons. The molecule has 0 fully saturated rings. The number of hydrazine groups is 2. The lowest BCUT2D eigenvalue weighted by molar-refractivity contribution is 0.405. The summed E-state index contributed by atoms with van der Waals surface area (Å²) in [5, 5.41) is 2.20. The number of halogens is 1. The Balaban J connectivity index is 1.34. The Morgan fingerprint density at radius 2 is 1.14 bits per heavy atom. The molecule has 37 heavy (non-hydrogen) atoms. The average Bonchev–Trinajstić information content (AvgIpc) is 3.29. The van der Waals surface area contributed by atoms with Gasteiger partial charge in [-0.05, 0) is 61.7 Å². The minimum absolute atomic E-state index is 0.0894. The van der Waals surface area contributed by atoms with Gasteiger partial charge in [0.15, 0.2) is 0 Å². The van der Waals surface area contributed by atoms with Crippen LogP contribution in [0.5, 0.6) is 0 Å². The summed E-state index contributed by atoms with van der Waals surface area (Å²) < 4.78 is 1.57. The molecule has 0 bridgehead atoms. The minimum Gasteiger partial charge on any atom is -0.285 e. The van der Waals surface area contributed by atoms with Gasteiger partial charge in [0.2, 0.25) is 0 Å². The Kier molecular flexibility index (Phi) is 4.74. The molecule has 0 saturated heterocycles. The molecule has 3 nitrogen and oxygen atoms in total. The number of benzene rings is 4. The van der Waals surface area contributed by atoms with Crippen LogP contribution in [0.3, 0.4) is 0 Å². The van der Waals surface area contributed by atoms with Crippen molar-refractivity contribution in [3.05, 3.63) is 119 Å². The molecule has 4 aromatic carbocycles. The molecule has 1 heterocycles. The van der Waals surface area contributed by atoms with Crippen LogP contribution < -0.4 is 10.5 Å². The molecule has 3 aliphatic rings. The Morgan fingerprint density at radius 1 is 0.622 bits per heavy atom. The van der Waals surface area contributed by atoms with Gasteiger partial charge >= 0.3 is 0 Å². The van der Waals surface area contributed by atoms with E-state index in [1.54, 1.807) is 4.53 Å². The molecule has 4 heteroatoms. The van der Waals surface area contributed by atoms with Crippen LogP contribution in [0.25, 0.3) is 27.8 Å². The second-order valence-electron chi connectivity index (χ2n) is 11.4. The normalized spacial score (nSPS) is 18.1. The lowest BCUT2D eigenvalue weighted by Gasteiger charge is -2.38. The first-order valence-electron chi connectivity index (χ1n) is 12.9. The maximum absolute atomic E-state index is 6.73. The fraction of sp³-hybridized carbons (Fsp3) is 0.212. The van der Waals surface area contributed by atoms with Gasteiger partial charge in [0.05, 0.1) is 12.2 Å². The molecule has 0 unspecified atom stereocenters. The van der Waals surface area contributed by atoms with Crippen molar-refractivity contribution in [2.24, 2.45) is 0 Å². The summed E-state index contributed by atoms with van der Waals surface area (Å²) in [5.74, 6) is 0. The van der Waals surface area contributed by atoms with Gasteiger partial charge in [-0.3, -0.25) is 5.01 Å². The predicted octanol–water partition coefficient (Wildman–Crippen LogP) is 8.04. The molecular formula is C33H30ClN3. The number of rotatable bonds is 2. The zero-order valence-corrected chi connectivity index (χ0v) is 22.4. The van der Waals surface area contributed by atoms with Crippen LogP contribution in [0.15, 0.2) is 91.1 Å². The van der Waals surface area contributed by atoms with E-state index < -0.39 is 0 Å². The third-order valence-electron chi connectivity index (χ3n) is 8.59. The van der Waals surface area contributed by atoms with Gasteiger partial charge in [-0.15, -0.1) is 5.53 Å². The van der Waals surface area contributed by atoms with Gasteiger partial charge in [0.25, 0.3) is 0 Å². The van der Waals surface area contributed by atoms with Crippen molar-refractivity contribution >= 4 is 23.0 Å². The van der Waals surface area contributed by atoms with Crippen molar-refractivity contribution in [2.45, 2.75) is 38.5 Å². The van der Waals surface area contributed by atoms with Gasteiger partial charge in [-0.1, -0.05) is 107 Å². The lowest BCUT2D eigenvalue weighted by Crippen LogP contribution is -2.48. The summed E-state index contributed by atoms with van der Waals surface area (Å²) in [6.07, 6.45) is 2.02. The first-order chi connectivity index (χ1) is 17.8. The van der Waals surface area contributed by atoms with Crippen LogP contribution in [-0.2, 0) is 10.8 Å². The smallest absolute Gasteiger partial charge is 0.0634 e. The van der Waals surface area contributed by atoms with E-state index in [-0.39, 0.29) is 10.8 Å². The van der Waals surface area contributed by atoms with E-state index >= 15 is 0 Å². The van der Waals surface area contributed by atoms with Crippen LogP contribution in [0.1, 0.15) is 55.5 Å². The SMILES string of the molecule is CC1(C)c2ccccc2-c2cccc(C3=CN(Cl)NN(c4cccc5c4C(C)(C)c4ccccc4-5)C3)c21. The van der Waals surface area contributed by atoms with E-state index in [0.29, 0.717) is 6.54 Å². The fourth-order valence-electron chi connectivity index (χ4n) is 6.98. The van der Waals surface area contributed by atoms with Gasteiger partial charge < -0.3 is 0 Å². The van der Waals surface area contributed by atoms with E-state index in [4.69, 9.17) is 11.8 Å². The zero-order valence-electron chi connectivity index (χ0n) is 21.6. The molecule has 7 rings (SSSR count). The topological polar surface area (TPSA) is 18.5 Å². The second kappa shape index (κ2) is 7.74. The van der Waals surface area contributed by atoms with Crippen molar-refractivity contribution in [1.29, 1.82) is 0 Å². The van der Waals surface area contributed by atoms with E-state index in [1.165, 1.54) is 55.6 Å². The molecule has 0 aromatic heterocycles. The predicted molar refractivity (Wildman–Crippen MR) is 154 cm³/mol. The van der Waals surface area contributed by atoms with Crippen molar-refractivity contribution in [3.8, 4) is 22.3 Å². The molecule has 1 aliphatic heterocycles. The standard InChI is InChI=1S/C33H30ClN3/c1-32(2)27-16-7-5-11-23(27)25-14-9-13-22(30(25)32)21-19-36(35-37(34)20-21)29-18-10-15-26-24-12-6-8-17-28(24)33(3,4)31(26)29/h5-18,20,35H,19H2,1-4H3. The summed E-state index contributed by atoms with van der Waals surface area (Å²) >= 11 is 6.73. The number of hydrogen-bond acceptors (Lipinski definition) is 3. The van der Waals surface area contributed by atoms with E-state index in [2.05, 4.69) is 123 Å². The molecule has 1 N–H and O–H groups in total. The quantitative estimate of drug-likeness (QED) is 0.279. The van der Waals surface area contributed by atoms with Gasteiger partial charge in [0, 0.05) is 28.8 Å². The molecule has 0 atom stereocenters. The average molecular weight is 504 g/mol. The lowest BCUT2D eigenvalue weighted by atomic mass is 9.78. The first kappa shape index (κ1) is 22.7. The van der Waals surface area contributed by atoms with E-state index in [1.807, 2.05) is 6.20 Å². The second-order valence-corrected chi connectivity index (χ2v) is 11.8. The minimum atomic E-state index is -0.111. The first-order valence-corrected chi connectivity index (χ1v) is 13.3. The third kappa shape index (κ3) is 3.11. The third-order valence-corrected chi connectivity index (χ3v) is 8.76. The summed E-state index contributed by atoms with van der Waals surface area (Å²) in [7, 11) is 0. The molecule has 4 aromatic rings. The van der Waals surface area contributed by atoms with Crippen LogP contribution in [0.2, 0.25) is 0 Å². The molecule has 0 spiro atoms. The highest BCUT2D eigenvalue weighted by Crippen LogP contribution is 2.53. The van der Waals surface area contributed by atoms with Crippen molar-refractivity contribution in [3.63, 3.8) is 0 Å². The number of nitrogens with one attached hydrogen (secondary N) is 1. The maximum Gasteiger partial charge on any atom is 0.0634 e. The molecule has 0 saturated carbocycles. The van der Waals surface area contributed by atoms with Crippen LogP contribution in [-0.4, -0.2) is 11.1 Å². The van der Waals surface area contributed by atoms with E-state index in [0.717, 1.165) is 5.69 Å². The zero-order chi connectivity index (χ0) is 25.5. The maximum atomic E-state index is 6.73.